The normalized spacial score (nSPS) is 18.3. The first-order chi connectivity index (χ1) is 10.2. The van der Waals surface area contributed by atoms with Crippen LogP contribution in [0.25, 0.3) is 0 Å². The Morgan fingerprint density at radius 3 is 2.57 bits per heavy atom. The van der Waals surface area contributed by atoms with Gasteiger partial charge in [0, 0.05) is 37.8 Å². The third-order valence-corrected chi connectivity index (χ3v) is 6.03. The zero-order valence-electron chi connectivity index (χ0n) is 13.6. The van der Waals surface area contributed by atoms with Gasteiger partial charge in [-0.1, -0.05) is 6.07 Å². The fourth-order valence-corrected chi connectivity index (χ4v) is 3.80. The molecule has 1 atom stereocenters. The van der Waals surface area contributed by atoms with E-state index in [1.54, 1.807) is 30.9 Å². The van der Waals surface area contributed by atoms with Gasteiger partial charge in [0.05, 0.1) is 4.90 Å². The predicted octanol–water partition coefficient (Wildman–Crippen LogP) is 1.31. The summed E-state index contributed by atoms with van der Waals surface area (Å²) in [5, 5.41) is 0. The summed E-state index contributed by atoms with van der Waals surface area (Å²) in [6.45, 7) is 4.74. The Morgan fingerprint density at radius 1 is 1.39 bits per heavy atom. The van der Waals surface area contributed by atoms with Gasteiger partial charge < -0.3 is 10.6 Å². The first-order valence-corrected chi connectivity index (χ1v) is 8.80. The number of amides is 1. The van der Waals surface area contributed by atoms with Gasteiger partial charge >= 0.3 is 0 Å². The topological polar surface area (TPSA) is 83.7 Å². The summed E-state index contributed by atoms with van der Waals surface area (Å²) in [6, 6.07) is 6.05. The lowest BCUT2D eigenvalue weighted by molar-refractivity contribution is 0.0790. The summed E-state index contributed by atoms with van der Waals surface area (Å²) in [5.41, 5.74) is 6.20. The average Bonchev–Trinajstić information content (AvgIpc) is 2.92. The minimum Gasteiger partial charge on any atom is -0.337 e. The van der Waals surface area contributed by atoms with Crippen LogP contribution < -0.4 is 5.73 Å². The Morgan fingerprint density at radius 2 is 2.04 bits per heavy atom. The van der Waals surface area contributed by atoms with Gasteiger partial charge in [-0.15, -0.1) is 12.4 Å². The van der Waals surface area contributed by atoms with Crippen LogP contribution in [0.1, 0.15) is 30.6 Å². The first-order valence-electron chi connectivity index (χ1n) is 7.36. The molecule has 0 aromatic heterocycles. The molecule has 8 heteroatoms. The predicted molar refractivity (Wildman–Crippen MR) is 92.3 cm³/mol. The van der Waals surface area contributed by atoms with Crippen LogP contribution >= 0.6 is 12.4 Å². The highest BCUT2D eigenvalue weighted by atomic mass is 35.5. The quantitative estimate of drug-likeness (QED) is 0.876. The second-order valence-corrected chi connectivity index (χ2v) is 7.94. The number of benzene rings is 1. The highest BCUT2D eigenvalue weighted by molar-refractivity contribution is 7.89. The lowest BCUT2D eigenvalue weighted by Gasteiger charge is -2.21. The maximum Gasteiger partial charge on any atom is 0.253 e. The minimum absolute atomic E-state index is 0. The van der Waals surface area contributed by atoms with Gasteiger partial charge in [0.2, 0.25) is 10.0 Å². The molecule has 0 aliphatic carbocycles. The minimum atomic E-state index is -3.59. The number of carbonyl (C=O) groups is 1. The van der Waals surface area contributed by atoms with Gasteiger partial charge in [-0.25, -0.2) is 8.42 Å². The van der Waals surface area contributed by atoms with E-state index in [4.69, 9.17) is 5.73 Å². The van der Waals surface area contributed by atoms with Crippen molar-refractivity contribution in [1.82, 2.24) is 9.21 Å². The molecule has 1 saturated heterocycles. The van der Waals surface area contributed by atoms with Crippen LogP contribution in [0.15, 0.2) is 29.2 Å². The van der Waals surface area contributed by atoms with Crippen molar-refractivity contribution in [3.63, 3.8) is 0 Å². The molecular weight excluding hydrogens is 338 g/mol. The molecule has 0 bridgehead atoms. The summed E-state index contributed by atoms with van der Waals surface area (Å²) in [6.07, 6.45) is 0.778. The fourth-order valence-electron chi connectivity index (χ4n) is 2.39. The smallest absolute Gasteiger partial charge is 0.253 e. The summed E-state index contributed by atoms with van der Waals surface area (Å²) >= 11 is 0. The molecule has 2 rings (SSSR count). The van der Waals surface area contributed by atoms with E-state index < -0.39 is 10.0 Å². The van der Waals surface area contributed by atoms with Gasteiger partial charge in [-0.05, 0) is 38.5 Å². The van der Waals surface area contributed by atoms with Crippen molar-refractivity contribution in [3.8, 4) is 0 Å². The summed E-state index contributed by atoms with van der Waals surface area (Å²) < 4.78 is 26.3. The lowest BCUT2D eigenvalue weighted by atomic mass is 10.2. The molecule has 1 fully saturated rings. The number of rotatable bonds is 4. The molecule has 1 aromatic rings. The summed E-state index contributed by atoms with van der Waals surface area (Å²) in [4.78, 5) is 14.2. The van der Waals surface area contributed by atoms with Crippen LogP contribution in [0.4, 0.5) is 0 Å². The van der Waals surface area contributed by atoms with E-state index in [-0.39, 0.29) is 35.3 Å². The molecule has 1 aliphatic heterocycles. The van der Waals surface area contributed by atoms with Crippen molar-refractivity contribution >= 4 is 28.3 Å². The molecule has 1 aliphatic rings. The van der Waals surface area contributed by atoms with E-state index in [1.807, 2.05) is 0 Å². The van der Waals surface area contributed by atoms with Crippen molar-refractivity contribution in [3.05, 3.63) is 29.8 Å². The molecule has 6 nitrogen and oxygen atoms in total. The number of halogens is 1. The van der Waals surface area contributed by atoms with E-state index in [0.717, 1.165) is 6.42 Å². The SMILES string of the molecule is CC(C)N(C)S(=O)(=O)c1cccc(C(=O)N2CC[C@@H](N)C2)c1.Cl. The van der Waals surface area contributed by atoms with Gasteiger partial charge in [0.25, 0.3) is 5.91 Å². The van der Waals surface area contributed by atoms with Crippen LogP contribution in [0.2, 0.25) is 0 Å². The zero-order valence-corrected chi connectivity index (χ0v) is 15.2. The van der Waals surface area contributed by atoms with Crippen molar-refractivity contribution in [2.75, 3.05) is 20.1 Å². The largest absolute Gasteiger partial charge is 0.337 e. The maximum absolute atomic E-state index is 12.5. The van der Waals surface area contributed by atoms with Crippen LogP contribution in [-0.2, 0) is 10.0 Å². The monoisotopic (exact) mass is 361 g/mol. The third kappa shape index (κ3) is 4.23. The van der Waals surface area contributed by atoms with E-state index in [2.05, 4.69) is 0 Å². The van der Waals surface area contributed by atoms with Gasteiger partial charge in [-0.2, -0.15) is 4.31 Å². The molecule has 23 heavy (non-hydrogen) atoms. The Kier molecular flexibility index (Phi) is 6.59. The van der Waals surface area contributed by atoms with Crippen LogP contribution in [-0.4, -0.2) is 55.8 Å². The van der Waals surface area contributed by atoms with Crippen LogP contribution in [0, 0.1) is 0 Å². The maximum atomic E-state index is 12.5. The van der Waals surface area contributed by atoms with Gasteiger partial charge in [0.15, 0.2) is 0 Å². The Balaban J connectivity index is 0.00000264. The summed E-state index contributed by atoms with van der Waals surface area (Å²) in [7, 11) is -2.05. The molecule has 0 saturated carbocycles. The molecule has 0 spiro atoms. The van der Waals surface area contributed by atoms with E-state index in [0.29, 0.717) is 18.7 Å². The van der Waals surface area contributed by atoms with Crippen molar-refractivity contribution < 1.29 is 13.2 Å². The molecule has 2 N–H and O–H groups in total. The van der Waals surface area contributed by atoms with E-state index in [9.17, 15) is 13.2 Å². The molecule has 1 amide bonds. The Bertz CT molecular complexity index is 664. The van der Waals surface area contributed by atoms with Crippen molar-refractivity contribution in [1.29, 1.82) is 0 Å². The van der Waals surface area contributed by atoms with Crippen LogP contribution in [0.5, 0.6) is 0 Å². The third-order valence-electron chi connectivity index (χ3n) is 4.00. The second-order valence-electron chi connectivity index (χ2n) is 5.94. The van der Waals surface area contributed by atoms with Crippen LogP contribution in [0.3, 0.4) is 0 Å². The molecule has 1 heterocycles. The first kappa shape index (κ1) is 19.9. The summed E-state index contributed by atoms with van der Waals surface area (Å²) in [5.74, 6) is -0.169. The lowest BCUT2D eigenvalue weighted by Crippen LogP contribution is -2.34. The zero-order chi connectivity index (χ0) is 16.5. The number of hydrogen-bond acceptors (Lipinski definition) is 4. The van der Waals surface area contributed by atoms with E-state index >= 15 is 0 Å². The Labute approximate surface area is 144 Å². The van der Waals surface area contributed by atoms with Crippen molar-refractivity contribution in [2.24, 2.45) is 5.73 Å². The molecule has 130 valence electrons. The van der Waals surface area contributed by atoms with E-state index in [1.165, 1.54) is 23.5 Å². The number of sulfonamides is 1. The fraction of sp³-hybridized carbons (Fsp3) is 0.533. The highest BCUT2D eigenvalue weighted by Gasteiger charge is 2.27. The standard InChI is InChI=1S/C15H23N3O3S.ClH/c1-11(2)17(3)22(20,21)14-6-4-5-12(9-14)15(19)18-8-7-13(16)10-18;/h4-6,9,11,13H,7-8,10,16H2,1-3H3;1H/t13-;/m1./s1. The average molecular weight is 362 g/mol. The van der Waals surface area contributed by atoms with Gasteiger partial charge in [0.1, 0.15) is 0 Å². The number of likely N-dealkylation sites (tertiary alicyclic amines) is 1. The number of hydrogen-bond donors (Lipinski definition) is 1. The molecular formula is C15H24ClN3O3S. The van der Waals surface area contributed by atoms with Gasteiger partial charge in [-0.3, -0.25) is 4.79 Å². The molecule has 0 radical (unpaired) electrons. The number of nitrogens with two attached hydrogens (primary N) is 1. The molecule has 1 aromatic carbocycles. The van der Waals surface area contributed by atoms with Crippen molar-refractivity contribution in [2.45, 2.75) is 37.2 Å². The highest BCUT2D eigenvalue weighted by Crippen LogP contribution is 2.20. The number of carbonyl (C=O) groups excluding carboxylic acids is 1. The Hall–Kier alpha value is -1.15. The second kappa shape index (κ2) is 7.61. The number of nitrogens with zero attached hydrogens (tertiary/aromatic N) is 2. The molecule has 0 unspecified atom stereocenters.